The van der Waals surface area contributed by atoms with E-state index < -0.39 is 10.8 Å². The van der Waals surface area contributed by atoms with Crippen LogP contribution in [-0.4, -0.2) is 40.5 Å². The zero-order valence-electron chi connectivity index (χ0n) is 12.9. The Kier molecular flexibility index (Phi) is 4.42. The van der Waals surface area contributed by atoms with Crippen LogP contribution in [0.3, 0.4) is 0 Å². The van der Waals surface area contributed by atoms with Crippen LogP contribution >= 0.6 is 0 Å². The van der Waals surface area contributed by atoms with Crippen molar-refractivity contribution in [2.75, 3.05) is 19.5 Å². The molecule has 2 aliphatic carbocycles. The molecule has 0 amide bonds. The topological polar surface area (TPSA) is 52.6 Å². The third-order valence-electron chi connectivity index (χ3n) is 5.49. The monoisotopic (exact) mass is 314 g/mol. The van der Waals surface area contributed by atoms with Gasteiger partial charge in [0.2, 0.25) is 0 Å². The fourth-order valence-corrected chi connectivity index (χ4v) is 6.00. The first-order valence-electron chi connectivity index (χ1n) is 8.15. The van der Waals surface area contributed by atoms with Gasteiger partial charge in [0.15, 0.2) is 0 Å². The maximum Gasteiger partial charge on any atom is 0.306 e. The van der Waals surface area contributed by atoms with Crippen LogP contribution in [0.15, 0.2) is 0 Å². The minimum atomic E-state index is -0.842. The predicted molar refractivity (Wildman–Crippen MR) is 81.5 cm³/mol. The van der Waals surface area contributed by atoms with E-state index in [9.17, 15) is 9.00 Å². The van der Waals surface area contributed by atoms with Crippen molar-refractivity contribution in [2.24, 2.45) is 5.41 Å². The lowest BCUT2D eigenvalue weighted by molar-refractivity contribution is -0.141. The average Bonchev–Trinajstić information content (AvgIpc) is 3.08. The molecule has 3 fully saturated rings. The largest absolute Gasteiger partial charge is 0.469 e. The average molecular weight is 314 g/mol. The highest BCUT2D eigenvalue weighted by Crippen LogP contribution is 2.50. The zero-order chi connectivity index (χ0) is 14.9. The molecule has 2 saturated carbocycles. The number of rotatable bonds is 5. The SMILES string of the molecule is COC(=O)CC1(CS(=O)C2CCOC3(CCCC3)C2)CC1. The molecule has 5 heteroatoms. The molecule has 4 nitrogen and oxygen atoms in total. The Morgan fingerprint density at radius 1 is 1.29 bits per heavy atom. The minimum Gasteiger partial charge on any atom is -0.469 e. The third-order valence-corrected chi connectivity index (χ3v) is 7.53. The van der Waals surface area contributed by atoms with Crippen molar-refractivity contribution in [2.45, 2.75) is 68.6 Å². The lowest BCUT2D eigenvalue weighted by Gasteiger charge is -2.38. The summed E-state index contributed by atoms with van der Waals surface area (Å²) in [5.74, 6) is 0.506. The molecule has 0 aromatic rings. The van der Waals surface area contributed by atoms with Crippen LogP contribution in [0, 0.1) is 5.41 Å². The minimum absolute atomic E-state index is 0.0254. The number of hydrogen-bond donors (Lipinski definition) is 0. The van der Waals surface area contributed by atoms with E-state index in [1.807, 2.05) is 0 Å². The summed E-state index contributed by atoms with van der Waals surface area (Å²) in [5, 5.41) is 0.256. The fraction of sp³-hybridized carbons (Fsp3) is 0.938. The summed E-state index contributed by atoms with van der Waals surface area (Å²) in [5.41, 5.74) is -0.00324. The molecule has 1 spiro atoms. The highest BCUT2D eigenvalue weighted by molar-refractivity contribution is 7.85. The van der Waals surface area contributed by atoms with E-state index >= 15 is 0 Å². The van der Waals surface area contributed by atoms with Gasteiger partial charge in [-0.15, -0.1) is 0 Å². The molecular weight excluding hydrogens is 288 g/mol. The van der Waals surface area contributed by atoms with E-state index in [4.69, 9.17) is 9.47 Å². The maximum absolute atomic E-state index is 12.8. The van der Waals surface area contributed by atoms with Crippen molar-refractivity contribution in [3.05, 3.63) is 0 Å². The van der Waals surface area contributed by atoms with Crippen molar-refractivity contribution >= 4 is 16.8 Å². The maximum atomic E-state index is 12.8. The molecule has 1 heterocycles. The molecule has 21 heavy (non-hydrogen) atoms. The van der Waals surface area contributed by atoms with Gasteiger partial charge < -0.3 is 9.47 Å². The van der Waals surface area contributed by atoms with Crippen molar-refractivity contribution in [3.8, 4) is 0 Å². The highest BCUT2D eigenvalue weighted by Gasteiger charge is 2.48. The molecule has 1 saturated heterocycles. The number of carbonyl (C=O) groups is 1. The molecule has 2 atom stereocenters. The second-order valence-electron chi connectivity index (χ2n) is 7.13. The summed E-state index contributed by atoms with van der Waals surface area (Å²) < 4.78 is 23.6. The predicted octanol–water partition coefficient (Wildman–Crippen LogP) is 2.57. The van der Waals surface area contributed by atoms with E-state index in [0.717, 1.165) is 45.1 Å². The first-order valence-corrected chi connectivity index (χ1v) is 9.53. The summed E-state index contributed by atoms with van der Waals surface area (Å²) in [6.45, 7) is 0.750. The second kappa shape index (κ2) is 5.99. The van der Waals surface area contributed by atoms with Gasteiger partial charge in [0, 0.05) is 28.4 Å². The summed E-state index contributed by atoms with van der Waals surface area (Å²) >= 11 is 0. The summed E-state index contributed by atoms with van der Waals surface area (Å²) in [6, 6.07) is 0. The van der Waals surface area contributed by atoms with E-state index in [2.05, 4.69) is 0 Å². The zero-order valence-corrected chi connectivity index (χ0v) is 13.7. The molecule has 1 aliphatic heterocycles. The Bertz CT molecular complexity index is 424. The Hall–Kier alpha value is -0.420. The number of carbonyl (C=O) groups excluding carboxylic acids is 1. The van der Waals surface area contributed by atoms with E-state index in [1.165, 1.54) is 20.0 Å². The van der Waals surface area contributed by atoms with E-state index in [-0.39, 0.29) is 22.2 Å². The van der Waals surface area contributed by atoms with Crippen LogP contribution in [0.1, 0.15) is 57.8 Å². The lowest BCUT2D eigenvalue weighted by atomic mass is 9.92. The van der Waals surface area contributed by atoms with Crippen molar-refractivity contribution in [1.29, 1.82) is 0 Å². The molecule has 3 aliphatic rings. The quantitative estimate of drug-likeness (QED) is 0.732. The van der Waals surface area contributed by atoms with Gasteiger partial charge in [-0.2, -0.15) is 0 Å². The molecule has 0 bridgehead atoms. The lowest BCUT2D eigenvalue weighted by Crippen LogP contribution is -2.42. The van der Waals surface area contributed by atoms with Crippen molar-refractivity contribution in [1.82, 2.24) is 0 Å². The smallest absolute Gasteiger partial charge is 0.306 e. The number of ether oxygens (including phenoxy) is 2. The van der Waals surface area contributed by atoms with Gasteiger partial charge in [0.25, 0.3) is 0 Å². The fourth-order valence-electron chi connectivity index (χ4n) is 3.92. The number of esters is 1. The Morgan fingerprint density at radius 3 is 2.62 bits per heavy atom. The van der Waals surface area contributed by atoms with Gasteiger partial charge in [-0.25, -0.2) is 0 Å². The summed E-state index contributed by atoms with van der Waals surface area (Å²) in [7, 11) is 0.587. The van der Waals surface area contributed by atoms with Crippen molar-refractivity contribution < 1.29 is 18.5 Å². The molecular formula is C16H26O4S. The standard InChI is InChI=1S/C16H26O4S/c1-19-14(17)11-15(7-8-15)12-21(18)13-4-9-20-16(10-13)5-2-3-6-16/h13H,2-12H2,1H3. The van der Waals surface area contributed by atoms with Crippen LogP contribution in [0.25, 0.3) is 0 Å². The molecule has 0 N–H and O–H groups in total. The van der Waals surface area contributed by atoms with E-state index in [0.29, 0.717) is 12.2 Å². The molecule has 120 valence electrons. The summed E-state index contributed by atoms with van der Waals surface area (Å²) in [6.07, 6.45) is 9.07. The molecule has 0 aromatic heterocycles. The van der Waals surface area contributed by atoms with Crippen LogP contribution in [0.4, 0.5) is 0 Å². The van der Waals surface area contributed by atoms with Gasteiger partial charge in [0.1, 0.15) is 0 Å². The third kappa shape index (κ3) is 3.50. The molecule has 0 aromatic carbocycles. The number of hydrogen-bond acceptors (Lipinski definition) is 4. The van der Waals surface area contributed by atoms with Crippen LogP contribution < -0.4 is 0 Å². The Morgan fingerprint density at radius 2 is 2.00 bits per heavy atom. The second-order valence-corrected chi connectivity index (χ2v) is 8.85. The Labute approximate surface area is 129 Å². The first kappa shape index (κ1) is 15.5. The van der Waals surface area contributed by atoms with Gasteiger partial charge in [-0.1, -0.05) is 12.8 Å². The first-order chi connectivity index (χ1) is 10.1. The molecule has 2 unspecified atom stereocenters. The van der Waals surface area contributed by atoms with E-state index in [1.54, 1.807) is 0 Å². The molecule has 0 radical (unpaired) electrons. The number of methoxy groups -OCH3 is 1. The van der Waals surface area contributed by atoms with Crippen LogP contribution in [-0.2, 0) is 25.1 Å². The van der Waals surface area contributed by atoms with Crippen LogP contribution in [0.5, 0.6) is 0 Å². The summed E-state index contributed by atoms with van der Waals surface area (Å²) in [4.78, 5) is 11.5. The van der Waals surface area contributed by atoms with Gasteiger partial charge in [-0.3, -0.25) is 9.00 Å². The normalized spacial score (nSPS) is 31.0. The van der Waals surface area contributed by atoms with Gasteiger partial charge in [0.05, 0.1) is 19.1 Å². The van der Waals surface area contributed by atoms with Crippen LogP contribution in [0.2, 0.25) is 0 Å². The Balaban J connectivity index is 1.57. The van der Waals surface area contributed by atoms with Crippen molar-refractivity contribution in [3.63, 3.8) is 0 Å². The molecule has 3 rings (SSSR count). The van der Waals surface area contributed by atoms with Gasteiger partial charge >= 0.3 is 5.97 Å². The highest BCUT2D eigenvalue weighted by atomic mass is 32.2. The van der Waals surface area contributed by atoms with Gasteiger partial charge in [-0.05, 0) is 43.9 Å².